The summed E-state index contributed by atoms with van der Waals surface area (Å²) < 4.78 is 1.14. The van der Waals surface area contributed by atoms with E-state index in [9.17, 15) is 0 Å². The molecule has 0 radical (unpaired) electrons. The van der Waals surface area contributed by atoms with E-state index < -0.39 is 0 Å². The van der Waals surface area contributed by atoms with Crippen LogP contribution >= 0.6 is 15.9 Å². The lowest BCUT2D eigenvalue weighted by Gasteiger charge is -2.36. The van der Waals surface area contributed by atoms with Crippen molar-refractivity contribution < 1.29 is 0 Å². The Balaban J connectivity index is 1.62. The van der Waals surface area contributed by atoms with Gasteiger partial charge in [0.1, 0.15) is 12.1 Å². The number of nitrogens with zero attached hydrogens (tertiary/aromatic N) is 4. The van der Waals surface area contributed by atoms with Crippen LogP contribution in [-0.2, 0) is 13.0 Å². The number of hydrogen-bond donors (Lipinski definition) is 0. The molecule has 0 atom stereocenters. The standard InChI is InChI=1S/C18H23BrN4/c1-3-17-14(2)20-13-21-18(17)23-10-8-22(9-11-23)12-15-4-6-16(19)7-5-15/h4-7,13H,3,8-12H2,1-2H3. The van der Waals surface area contributed by atoms with Gasteiger partial charge in [0.15, 0.2) is 0 Å². The van der Waals surface area contributed by atoms with E-state index in [1.165, 1.54) is 11.1 Å². The summed E-state index contributed by atoms with van der Waals surface area (Å²) >= 11 is 3.49. The second-order valence-electron chi connectivity index (χ2n) is 6.00. The van der Waals surface area contributed by atoms with E-state index in [1.807, 2.05) is 0 Å². The van der Waals surface area contributed by atoms with Crippen molar-refractivity contribution in [2.24, 2.45) is 0 Å². The van der Waals surface area contributed by atoms with E-state index in [-0.39, 0.29) is 0 Å². The Morgan fingerprint density at radius 1 is 1.04 bits per heavy atom. The molecule has 0 aliphatic carbocycles. The van der Waals surface area contributed by atoms with Gasteiger partial charge in [-0.1, -0.05) is 35.0 Å². The fraction of sp³-hybridized carbons (Fsp3) is 0.444. The highest BCUT2D eigenvalue weighted by atomic mass is 79.9. The smallest absolute Gasteiger partial charge is 0.135 e. The summed E-state index contributed by atoms with van der Waals surface area (Å²) in [5, 5.41) is 0. The Morgan fingerprint density at radius 3 is 2.39 bits per heavy atom. The zero-order chi connectivity index (χ0) is 16.2. The maximum atomic E-state index is 4.54. The van der Waals surface area contributed by atoms with Gasteiger partial charge in [-0.25, -0.2) is 9.97 Å². The number of rotatable bonds is 4. The summed E-state index contributed by atoms with van der Waals surface area (Å²) in [5.41, 5.74) is 3.76. The van der Waals surface area contributed by atoms with E-state index in [1.54, 1.807) is 6.33 Å². The fourth-order valence-corrected chi connectivity index (χ4v) is 3.40. The van der Waals surface area contributed by atoms with Gasteiger partial charge in [0.05, 0.1) is 0 Å². The summed E-state index contributed by atoms with van der Waals surface area (Å²) in [6.45, 7) is 9.47. The van der Waals surface area contributed by atoms with Crippen LogP contribution in [0.1, 0.15) is 23.7 Å². The Labute approximate surface area is 146 Å². The predicted molar refractivity (Wildman–Crippen MR) is 97.8 cm³/mol. The molecule has 0 spiro atoms. The van der Waals surface area contributed by atoms with Crippen molar-refractivity contribution in [2.45, 2.75) is 26.8 Å². The van der Waals surface area contributed by atoms with Crippen LogP contribution < -0.4 is 4.90 Å². The molecule has 23 heavy (non-hydrogen) atoms. The molecule has 2 aromatic rings. The lowest BCUT2D eigenvalue weighted by Crippen LogP contribution is -2.46. The molecule has 1 aliphatic heterocycles. The molecule has 0 N–H and O–H groups in total. The first-order valence-electron chi connectivity index (χ1n) is 8.19. The Morgan fingerprint density at radius 2 is 1.74 bits per heavy atom. The lowest BCUT2D eigenvalue weighted by atomic mass is 10.1. The second kappa shape index (κ2) is 7.41. The molecule has 122 valence electrons. The van der Waals surface area contributed by atoms with Crippen LogP contribution in [0.15, 0.2) is 35.1 Å². The fourth-order valence-electron chi connectivity index (χ4n) is 3.14. The molecule has 0 amide bonds. The summed E-state index contributed by atoms with van der Waals surface area (Å²) in [5.74, 6) is 1.13. The Hall–Kier alpha value is -1.46. The quantitative estimate of drug-likeness (QED) is 0.820. The van der Waals surface area contributed by atoms with Crippen molar-refractivity contribution in [2.75, 3.05) is 31.1 Å². The van der Waals surface area contributed by atoms with Gasteiger partial charge in [0.2, 0.25) is 0 Å². The van der Waals surface area contributed by atoms with Crippen molar-refractivity contribution in [1.82, 2.24) is 14.9 Å². The van der Waals surface area contributed by atoms with Gasteiger partial charge in [-0.05, 0) is 31.0 Å². The Bertz CT molecular complexity index is 649. The molecule has 5 heteroatoms. The van der Waals surface area contributed by atoms with Crippen molar-refractivity contribution in [3.8, 4) is 0 Å². The summed E-state index contributed by atoms with van der Waals surface area (Å²) in [4.78, 5) is 13.8. The highest BCUT2D eigenvalue weighted by Crippen LogP contribution is 2.22. The van der Waals surface area contributed by atoms with Crippen molar-refractivity contribution in [3.63, 3.8) is 0 Å². The third-order valence-corrected chi connectivity index (χ3v) is 5.01. The van der Waals surface area contributed by atoms with Crippen LogP contribution in [0, 0.1) is 6.92 Å². The first-order chi connectivity index (χ1) is 11.2. The molecule has 0 saturated carbocycles. The van der Waals surface area contributed by atoms with E-state index in [4.69, 9.17) is 0 Å². The highest BCUT2D eigenvalue weighted by molar-refractivity contribution is 9.10. The van der Waals surface area contributed by atoms with Crippen LogP contribution in [0.3, 0.4) is 0 Å². The van der Waals surface area contributed by atoms with Gasteiger partial charge in [-0.15, -0.1) is 0 Å². The molecule has 0 bridgehead atoms. The van der Waals surface area contributed by atoms with Gasteiger partial charge < -0.3 is 4.90 Å². The largest absolute Gasteiger partial charge is 0.354 e. The first-order valence-corrected chi connectivity index (χ1v) is 8.99. The molecule has 0 unspecified atom stereocenters. The molecule has 1 aromatic carbocycles. The molecule has 3 rings (SSSR count). The van der Waals surface area contributed by atoms with Gasteiger partial charge in [-0.2, -0.15) is 0 Å². The highest BCUT2D eigenvalue weighted by Gasteiger charge is 2.20. The average molecular weight is 375 g/mol. The normalized spacial score (nSPS) is 15.9. The Kier molecular flexibility index (Phi) is 5.28. The topological polar surface area (TPSA) is 32.3 Å². The van der Waals surface area contributed by atoms with Gasteiger partial charge in [-0.3, -0.25) is 4.90 Å². The molecule has 2 heterocycles. The van der Waals surface area contributed by atoms with Crippen LogP contribution in [-0.4, -0.2) is 41.0 Å². The number of aryl methyl sites for hydroxylation is 1. The van der Waals surface area contributed by atoms with E-state index in [0.29, 0.717) is 0 Å². The first kappa shape index (κ1) is 16.4. The van der Waals surface area contributed by atoms with Crippen LogP contribution in [0.4, 0.5) is 5.82 Å². The van der Waals surface area contributed by atoms with Gasteiger partial charge in [0, 0.05) is 48.5 Å². The second-order valence-corrected chi connectivity index (χ2v) is 6.92. The van der Waals surface area contributed by atoms with Gasteiger partial charge in [0.25, 0.3) is 0 Å². The zero-order valence-electron chi connectivity index (χ0n) is 13.8. The van der Waals surface area contributed by atoms with E-state index >= 15 is 0 Å². The van der Waals surface area contributed by atoms with Crippen molar-refractivity contribution in [3.05, 3.63) is 51.9 Å². The monoisotopic (exact) mass is 374 g/mol. The average Bonchev–Trinajstić information content (AvgIpc) is 2.57. The third kappa shape index (κ3) is 3.90. The molecular formula is C18H23BrN4. The number of halogens is 1. The van der Waals surface area contributed by atoms with Crippen molar-refractivity contribution >= 4 is 21.7 Å². The minimum atomic E-state index is 0.987. The molecular weight excluding hydrogens is 352 g/mol. The van der Waals surface area contributed by atoms with Gasteiger partial charge >= 0.3 is 0 Å². The molecule has 1 aromatic heterocycles. The number of anilines is 1. The predicted octanol–water partition coefficient (Wildman–Crippen LogP) is 3.43. The minimum absolute atomic E-state index is 0.987. The van der Waals surface area contributed by atoms with Crippen LogP contribution in [0.25, 0.3) is 0 Å². The molecule has 4 nitrogen and oxygen atoms in total. The summed E-state index contributed by atoms with van der Waals surface area (Å²) in [6.07, 6.45) is 2.68. The molecule has 1 aliphatic rings. The van der Waals surface area contributed by atoms with E-state index in [2.05, 4.69) is 73.8 Å². The zero-order valence-corrected chi connectivity index (χ0v) is 15.4. The minimum Gasteiger partial charge on any atom is -0.354 e. The SMILES string of the molecule is CCc1c(C)ncnc1N1CCN(Cc2ccc(Br)cc2)CC1. The van der Waals surface area contributed by atoms with Crippen LogP contribution in [0.2, 0.25) is 0 Å². The van der Waals surface area contributed by atoms with Crippen LogP contribution in [0.5, 0.6) is 0 Å². The number of benzene rings is 1. The maximum absolute atomic E-state index is 4.54. The number of aromatic nitrogens is 2. The molecule has 1 saturated heterocycles. The van der Waals surface area contributed by atoms with E-state index in [0.717, 1.165) is 55.1 Å². The lowest BCUT2D eigenvalue weighted by molar-refractivity contribution is 0.249. The molecule has 1 fully saturated rings. The summed E-state index contributed by atoms with van der Waals surface area (Å²) in [6, 6.07) is 8.62. The number of piperazine rings is 1. The third-order valence-electron chi connectivity index (χ3n) is 4.48. The van der Waals surface area contributed by atoms with Crippen molar-refractivity contribution in [1.29, 1.82) is 0 Å². The number of hydrogen-bond acceptors (Lipinski definition) is 4. The maximum Gasteiger partial charge on any atom is 0.135 e. The summed E-state index contributed by atoms with van der Waals surface area (Å²) in [7, 11) is 0.